The van der Waals surface area contributed by atoms with Gasteiger partial charge in [0, 0.05) is 5.92 Å². The predicted molar refractivity (Wildman–Crippen MR) is 97.7 cm³/mol. The van der Waals surface area contributed by atoms with Crippen LogP contribution in [0.25, 0.3) is 11.1 Å². The van der Waals surface area contributed by atoms with E-state index in [1.54, 1.807) is 0 Å². The molecule has 0 nitrogen and oxygen atoms in total. The highest BCUT2D eigenvalue weighted by molar-refractivity contribution is 5.78. The van der Waals surface area contributed by atoms with E-state index in [0.29, 0.717) is 5.92 Å². The molecule has 114 valence electrons. The first-order valence-electron chi connectivity index (χ1n) is 8.65. The van der Waals surface area contributed by atoms with Gasteiger partial charge in [-0.3, -0.25) is 0 Å². The lowest BCUT2D eigenvalue weighted by molar-refractivity contribution is 0.633. The highest BCUT2D eigenvalue weighted by Crippen LogP contribution is 2.46. The second kappa shape index (κ2) is 6.42. The summed E-state index contributed by atoms with van der Waals surface area (Å²) >= 11 is 0. The van der Waals surface area contributed by atoms with Gasteiger partial charge in [-0.15, -0.1) is 0 Å². The molecule has 1 aliphatic carbocycles. The standard InChI is InChI=1S/C23H22/c1-2-10-18(11-3-1)12-4-5-13-19-20-14-6-8-16-22(20)23-17-9-7-15-21(19)23/h1-3,6-11,14-17,19H,4-5,12-13H2. The van der Waals surface area contributed by atoms with Crippen LogP contribution in [0.5, 0.6) is 0 Å². The molecular formula is C23H22. The first-order valence-corrected chi connectivity index (χ1v) is 8.65. The van der Waals surface area contributed by atoms with Gasteiger partial charge in [-0.25, -0.2) is 0 Å². The number of rotatable bonds is 5. The lowest BCUT2D eigenvalue weighted by Gasteiger charge is -2.13. The number of hydrogen-bond acceptors (Lipinski definition) is 0. The van der Waals surface area contributed by atoms with Crippen molar-refractivity contribution in [3.63, 3.8) is 0 Å². The van der Waals surface area contributed by atoms with Gasteiger partial charge in [-0.1, -0.05) is 85.3 Å². The molecule has 0 unspecified atom stereocenters. The second-order valence-electron chi connectivity index (χ2n) is 6.46. The molecule has 0 aliphatic heterocycles. The first-order chi connectivity index (χ1) is 11.4. The Morgan fingerprint density at radius 3 is 1.78 bits per heavy atom. The summed E-state index contributed by atoms with van der Waals surface area (Å²) in [5, 5.41) is 0. The Labute approximate surface area is 138 Å². The van der Waals surface area contributed by atoms with Crippen LogP contribution in [0.15, 0.2) is 78.9 Å². The van der Waals surface area contributed by atoms with Crippen LogP contribution in [0, 0.1) is 0 Å². The molecule has 0 spiro atoms. The zero-order valence-electron chi connectivity index (χ0n) is 13.4. The minimum atomic E-state index is 0.582. The molecule has 3 aromatic rings. The Balaban J connectivity index is 1.47. The summed E-state index contributed by atoms with van der Waals surface area (Å²) in [6.07, 6.45) is 4.99. The second-order valence-corrected chi connectivity index (χ2v) is 6.46. The molecule has 0 saturated carbocycles. The van der Waals surface area contributed by atoms with Crippen molar-refractivity contribution < 1.29 is 0 Å². The van der Waals surface area contributed by atoms with E-state index in [1.165, 1.54) is 53.5 Å². The third-order valence-electron chi connectivity index (χ3n) is 5.01. The number of unbranched alkanes of at least 4 members (excludes halogenated alkanes) is 1. The van der Waals surface area contributed by atoms with Crippen LogP contribution in [0.3, 0.4) is 0 Å². The number of benzene rings is 3. The molecule has 0 atom stereocenters. The number of hydrogen-bond donors (Lipinski definition) is 0. The SMILES string of the molecule is c1ccc(CCCCC2c3ccccc3-c3ccccc32)cc1. The van der Waals surface area contributed by atoms with E-state index >= 15 is 0 Å². The van der Waals surface area contributed by atoms with Crippen molar-refractivity contribution in [1.29, 1.82) is 0 Å². The maximum atomic E-state index is 2.32. The van der Waals surface area contributed by atoms with E-state index < -0.39 is 0 Å². The molecule has 0 saturated heterocycles. The van der Waals surface area contributed by atoms with Crippen molar-refractivity contribution in [1.82, 2.24) is 0 Å². The van der Waals surface area contributed by atoms with Crippen molar-refractivity contribution in [3.05, 3.63) is 95.6 Å². The van der Waals surface area contributed by atoms with Gasteiger partial charge in [0.15, 0.2) is 0 Å². The summed E-state index contributed by atoms with van der Waals surface area (Å²) in [5.74, 6) is 0.582. The Bertz CT molecular complexity index is 740. The van der Waals surface area contributed by atoms with Gasteiger partial charge in [0.25, 0.3) is 0 Å². The maximum absolute atomic E-state index is 2.32. The summed E-state index contributed by atoms with van der Waals surface area (Å²) in [6.45, 7) is 0. The topological polar surface area (TPSA) is 0 Å². The van der Waals surface area contributed by atoms with E-state index in [9.17, 15) is 0 Å². The van der Waals surface area contributed by atoms with Gasteiger partial charge < -0.3 is 0 Å². The summed E-state index contributed by atoms with van der Waals surface area (Å²) < 4.78 is 0. The lowest BCUT2D eigenvalue weighted by atomic mass is 9.91. The normalized spacial score (nSPS) is 12.9. The predicted octanol–water partition coefficient (Wildman–Crippen LogP) is 6.21. The zero-order valence-corrected chi connectivity index (χ0v) is 13.4. The summed E-state index contributed by atoms with van der Waals surface area (Å²) in [7, 11) is 0. The largest absolute Gasteiger partial charge is 0.0622 e. The number of fused-ring (bicyclic) bond motifs is 3. The van der Waals surface area contributed by atoms with Crippen molar-refractivity contribution in [2.24, 2.45) is 0 Å². The molecular weight excluding hydrogens is 276 g/mol. The highest BCUT2D eigenvalue weighted by atomic mass is 14.3. The Kier molecular flexibility index (Phi) is 3.98. The Morgan fingerprint density at radius 2 is 1.13 bits per heavy atom. The molecule has 0 amide bonds. The van der Waals surface area contributed by atoms with E-state index in [-0.39, 0.29) is 0 Å². The molecule has 0 heteroatoms. The van der Waals surface area contributed by atoms with E-state index in [4.69, 9.17) is 0 Å². The third kappa shape index (κ3) is 2.82. The average Bonchev–Trinajstić information content (AvgIpc) is 2.94. The van der Waals surface area contributed by atoms with Gasteiger partial charge in [0.2, 0.25) is 0 Å². The van der Waals surface area contributed by atoms with Gasteiger partial charge in [0.1, 0.15) is 0 Å². The highest BCUT2D eigenvalue weighted by Gasteiger charge is 2.27. The summed E-state index contributed by atoms with van der Waals surface area (Å²) in [6, 6.07) is 28.7. The monoisotopic (exact) mass is 298 g/mol. The van der Waals surface area contributed by atoms with Crippen LogP contribution in [0.4, 0.5) is 0 Å². The first kappa shape index (κ1) is 14.3. The van der Waals surface area contributed by atoms with Crippen LogP contribution < -0.4 is 0 Å². The molecule has 0 fully saturated rings. The summed E-state index contributed by atoms with van der Waals surface area (Å²) in [5.41, 5.74) is 7.38. The van der Waals surface area contributed by atoms with Gasteiger partial charge in [-0.2, -0.15) is 0 Å². The molecule has 0 heterocycles. The lowest BCUT2D eigenvalue weighted by Crippen LogP contribution is -1.97. The molecule has 4 rings (SSSR count). The van der Waals surface area contributed by atoms with E-state index in [2.05, 4.69) is 78.9 Å². The fraction of sp³-hybridized carbons (Fsp3) is 0.217. The van der Waals surface area contributed by atoms with Crippen LogP contribution in [-0.4, -0.2) is 0 Å². The van der Waals surface area contributed by atoms with Crippen molar-refractivity contribution in [2.75, 3.05) is 0 Å². The van der Waals surface area contributed by atoms with Crippen LogP contribution in [0.1, 0.15) is 41.9 Å². The van der Waals surface area contributed by atoms with Crippen LogP contribution >= 0.6 is 0 Å². The molecule has 3 aromatic carbocycles. The minimum Gasteiger partial charge on any atom is -0.0622 e. The maximum Gasteiger partial charge on any atom is 0.0102 e. The molecule has 0 bridgehead atoms. The number of aryl methyl sites for hydroxylation is 1. The fourth-order valence-corrected chi connectivity index (χ4v) is 3.89. The quantitative estimate of drug-likeness (QED) is 0.491. The van der Waals surface area contributed by atoms with Crippen molar-refractivity contribution >= 4 is 0 Å². The van der Waals surface area contributed by atoms with Crippen molar-refractivity contribution in [3.8, 4) is 11.1 Å². The van der Waals surface area contributed by atoms with Crippen LogP contribution in [0.2, 0.25) is 0 Å². The van der Waals surface area contributed by atoms with E-state index in [1.807, 2.05) is 0 Å². The molecule has 0 radical (unpaired) electrons. The molecule has 1 aliphatic rings. The fourth-order valence-electron chi connectivity index (χ4n) is 3.89. The molecule has 0 N–H and O–H groups in total. The van der Waals surface area contributed by atoms with Gasteiger partial charge >= 0.3 is 0 Å². The van der Waals surface area contributed by atoms with Gasteiger partial charge in [0.05, 0.1) is 0 Å². The zero-order chi connectivity index (χ0) is 15.5. The van der Waals surface area contributed by atoms with Crippen molar-refractivity contribution in [2.45, 2.75) is 31.6 Å². The van der Waals surface area contributed by atoms with E-state index in [0.717, 1.165) is 0 Å². The van der Waals surface area contributed by atoms with Gasteiger partial charge in [-0.05, 0) is 47.1 Å². The minimum absolute atomic E-state index is 0.582. The third-order valence-corrected chi connectivity index (χ3v) is 5.01. The van der Waals surface area contributed by atoms with Crippen LogP contribution in [-0.2, 0) is 6.42 Å². The Hall–Kier alpha value is -2.34. The smallest absolute Gasteiger partial charge is 0.0102 e. The molecule has 0 aromatic heterocycles. The summed E-state index contributed by atoms with van der Waals surface area (Å²) in [4.78, 5) is 0. The molecule has 23 heavy (non-hydrogen) atoms. The Morgan fingerprint density at radius 1 is 0.565 bits per heavy atom. The average molecular weight is 298 g/mol.